The van der Waals surface area contributed by atoms with Gasteiger partial charge in [0.1, 0.15) is 10.6 Å². The van der Waals surface area contributed by atoms with Crippen LogP contribution in [0, 0.1) is 5.82 Å². The maximum absolute atomic E-state index is 12.7. The average Bonchev–Trinajstić information content (AvgIpc) is 2.07. The molecule has 6 heteroatoms. The van der Waals surface area contributed by atoms with Crippen molar-refractivity contribution < 1.29 is 17.6 Å². The molecule has 0 bridgehead atoms. The zero-order valence-corrected chi connectivity index (χ0v) is 9.75. The van der Waals surface area contributed by atoms with Gasteiger partial charge >= 0.3 is 6.18 Å². The van der Waals surface area contributed by atoms with Crippen molar-refractivity contribution in [1.29, 1.82) is 0 Å². The van der Waals surface area contributed by atoms with Crippen LogP contribution in [-0.2, 0) is 0 Å². The fourth-order valence-electron chi connectivity index (χ4n) is 0.859. The lowest BCUT2D eigenvalue weighted by molar-refractivity contribution is -0.128. The van der Waals surface area contributed by atoms with Crippen LogP contribution in [-0.4, -0.2) is 6.18 Å². The van der Waals surface area contributed by atoms with Gasteiger partial charge in [-0.1, -0.05) is 22.0 Å². The highest BCUT2D eigenvalue weighted by atomic mass is 79.9. The van der Waals surface area contributed by atoms with Crippen LogP contribution in [0.3, 0.4) is 0 Å². The van der Waals surface area contributed by atoms with E-state index in [0.717, 1.165) is 18.2 Å². The largest absolute Gasteiger partial charge is 0.405 e. The topological polar surface area (TPSA) is 0 Å². The number of hydrogen-bond acceptors (Lipinski definition) is 0. The number of benzene rings is 1. The molecule has 1 unspecified atom stereocenters. The molecule has 0 saturated carbocycles. The van der Waals surface area contributed by atoms with Crippen molar-refractivity contribution in [3.8, 4) is 0 Å². The van der Waals surface area contributed by atoms with Crippen LogP contribution in [0.2, 0.25) is 0 Å². The van der Waals surface area contributed by atoms with Crippen molar-refractivity contribution >= 4 is 31.9 Å². The lowest BCUT2D eigenvalue weighted by Crippen LogP contribution is -2.15. The minimum atomic E-state index is -4.38. The summed E-state index contributed by atoms with van der Waals surface area (Å²) in [5.74, 6) is -0.587. The molecule has 14 heavy (non-hydrogen) atoms. The Morgan fingerprint density at radius 2 is 1.79 bits per heavy atom. The minimum Gasteiger partial charge on any atom is -0.206 e. The molecule has 1 aromatic rings. The smallest absolute Gasteiger partial charge is 0.206 e. The summed E-state index contributed by atoms with van der Waals surface area (Å²) in [6.45, 7) is 0. The van der Waals surface area contributed by atoms with E-state index in [0.29, 0.717) is 0 Å². The Balaban J connectivity index is 3.03. The monoisotopic (exact) mass is 334 g/mol. The first-order chi connectivity index (χ1) is 6.32. The van der Waals surface area contributed by atoms with Crippen molar-refractivity contribution in [2.75, 3.05) is 0 Å². The third kappa shape index (κ3) is 2.70. The van der Waals surface area contributed by atoms with Gasteiger partial charge in [0.2, 0.25) is 0 Å². The average molecular weight is 336 g/mol. The van der Waals surface area contributed by atoms with Crippen molar-refractivity contribution in [1.82, 2.24) is 0 Å². The van der Waals surface area contributed by atoms with E-state index in [-0.39, 0.29) is 10.0 Å². The van der Waals surface area contributed by atoms with Crippen LogP contribution >= 0.6 is 31.9 Å². The molecule has 0 aliphatic carbocycles. The number of hydrogen-bond donors (Lipinski definition) is 0. The standard InChI is InChI=1S/C8H4Br2F4/c9-5-3-4(1-2-6(5)11)7(10)8(12,13)14/h1-3,7H. The van der Waals surface area contributed by atoms with E-state index >= 15 is 0 Å². The van der Waals surface area contributed by atoms with E-state index in [2.05, 4.69) is 31.9 Å². The summed E-state index contributed by atoms with van der Waals surface area (Å²) in [6.07, 6.45) is -4.38. The van der Waals surface area contributed by atoms with E-state index in [1.54, 1.807) is 0 Å². The number of rotatable bonds is 1. The molecular formula is C8H4Br2F4. The Hall–Kier alpha value is -0.100. The van der Waals surface area contributed by atoms with Crippen LogP contribution in [0.4, 0.5) is 17.6 Å². The van der Waals surface area contributed by atoms with Gasteiger partial charge in [-0.2, -0.15) is 13.2 Å². The molecule has 1 atom stereocenters. The zero-order chi connectivity index (χ0) is 10.9. The number of alkyl halides is 4. The van der Waals surface area contributed by atoms with Gasteiger partial charge in [-0.15, -0.1) is 0 Å². The predicted molar refractivity (Wildman–Crippen MR) is 51.8 cm³/mol. The Labute approximate surface area is 94.6 Å². The first-order valence-corrected chi connectivity index (χ1v) is 5.19. The Morgan fingerprint density at radius 1 is 1.21 bits per heavy atom. The van der Waals surface area contributed by atoms with Gasteiger partial charge in [0.25, 0.3) is 0 Å². The van der Waals surface area contributed by atoms with Crippen LogP contribution < -0.4 is 0 Å². The molecule has 0 fully saturated rings. The second-order valence-electron chi connectivity index (χ2n) is 2.58. The first kappa shape index (κ1) is 12.0. The summed E-state index contributed by atoms with van der Waals surface area (Å²) in [5.41, 5.74) is -0.0363. The Bertz CT molecular complexity index is 335. The summed E-state index contributed by atoms with van der Waals surface area (Å²) in [5, 5.41) is 0. The van der Waals surface area contributed by atoms with E-state index in [1.165, 1.54) is 0 Å². The summed E-state index contributed by atoms with van der Waals surface area (Å²) < 4.78 is 49.4. The van der Waals surface area contributed by atoms with Gasteiger partial charge < -0.3 is 0 Å². The quantitative estimate of drug-likeness (QED) is 0.520. The summed E-state index contributed by atoms with van der Waals surface area (Å²) in [7, 11) is 0. The molecule has 1 aromatic carbocycles. The molecule has 0 radical (unpaired) electrons. The third-order valence-electron chi connectivity index (χ3n) is 1.52. The highest BCUT2D eigenvalue weighted by Crippen LogP contribution is 2.40. The molecule has 0 aliphatic heterocycles. The fourth-order valence-corrected chi connectivity index (χ4v) is 1.54. The summed E-state index contributed by atoms with van der Waals surface area (Å²) >= 11 is 5.31. The lowest BCUT2D eigenvalue weighted by atomic mass is 10.1. The zero-order valence-electron chi connectivity index (χ0n) is 6.58. The Kier molecular flexibility index (Phi) is 3.58. The van der Waals surface area contributed by atoms with E-state index in [1.807, 2.05) is 0 Å². The van der Waals surface area contributed by atoms with Crippen molar-refractivity contribution in [2.45, 2.75) is 11.0 Å². The molecule has 78 valence electrons. The normalized spacial score (nSPS) is 14.1. The minimum absolute atomic E-state index is 0.0173. The summed E-state index contributed by atoms with van der Waals surface area (Å²) in [4.78, 5) is -1.77. The van der Waals surface area contributed by atoms with Gasteiger partial charge in [-0.25, -0.2) is 4.39 Å². The molecule has 0 saturated heterocycles. The van der Waals surface area contributed by atoms with Crippen molar-refractivity contribution in [3.63, 3.8) is 0 Å². The van der Waals surface area contributed by atoms with Crippen LogP contribution in [0.5, 0.6) is 0 Å². The first-order valence-electron chi connectivity index (χ1n) is 3.48. The van der Waals surface area contributed by atoms with E-state index < -0.39 is 16.8 Å². The molecule has 1 rings (SSSR count). The van der Waals surface area contributed by atoms with Gasteiger partial charge in [0, 0.05) is 0 Å². The molecule has 0 nitrogen and oxygen atoms in total. The van der Waals surface area contributed by atoms with Gasteiger partial charge in [-0.05, 0) is 33.6 Å². The molecule has 0 heterocycles. The van der Waals surface area contributed by atoms with Crippen molar-refractivity contribution in [3.05, 3.63) is 34.1 Å². The molecule has 0 N–H and O–H groups in total. The third-order valence-corrected chi connectivity index (χ3v) is 3.18. The maximum Gasteiger partial charge on any atom is 0.405 e. The second-order valence-corrected chi connectivity index (χ2v) is 4.35. The number of halogens is 6. The molecule has 0 amide bonds. The molecule has 0 aromatic heterocycles. The van der Waals surface area contributed by atoms with Crippen LogP contribution in [0.25, 0.3) is 0 Å². The van der Waals surface area contributed by atoms with E-state index in [4.69, 9.17) is 0 Å². The lowest BCUT2D eigenvalue weighted by Gasteiger charge is -2.14. The maximum atomic E-state index is 12.7. The van der Waals surface area contributed by atoms with Crippen LogP contribution in [0.1, 0.15) is 10.4 Å². The highest BCUT2D eigenvalue weighted by molar-refractivity contribution is 9.10. The molecule has 0 spiro atoms. The fraction of sp³-hybridized carbons (Fsp3) is 0.250. The van der Waals surface area contributed by atoms with Crippen LogP contribution in [0.15, 0.2) is 22.7 Å². The van der Waals surface area contributed by atoms with Gasteiger partial charge in [-0.3, -0.25) is 0 Å². The van der Waals surface area contributed by atoms with Gasteiger partial charge in [0.05, 0.1) is 4.47 Å². The van der Waals surface area contributed by atoms with Gasteiger partial charge in [0.15, 0.2) is 0 Å². The second kappa shape index (κ2) is 4.18. The van der Waals surface area contributed by atoms with Crippen molar-refractivity contribution in [2.24, 2.45) is 0 Å². The predicted octanol–water partition coefficient (Wildman–Crippen LogP) is 4.59. The Morgan fingerprint density at radius 3 is 2.21 bits per heavy atom. The highest BCUT2D eigenvalue weighted by Gasteiger charge is 2.38. The molecule has 0 aliphatic rings. The van der Waals surface area contributed by atoms with E-state index in [9.17, 15) is 17.6 Å². The molecular weight excluding hydrogens is 332 g/mol. The SMILES string of the molecule is Fc1ccc(C(Br)C(F)(F)F)cc1Br. The summed E-state index contributed by atoms with van der Waals surface area (Å²) in [6, 6.07) is 3.18.